The van der Waals surface area contributed by atoms with Crippen LogP contribution in [0.4, 0.5) is 4.39 Å². The Balaban J connectivity index is 3.12. The molecule has 0 unspecified atom stereocenters. The van der Waals surface area contributed by atoms with Crippen LogP contribution in [0.25, 0.3) is 0 Å². The van der Waals surface area contributed by atoms with E-state index in [4.69, 9.17) is 11.6 Å². The second kappa shape index (κ2) is 5.22. The zero-order chi connectivity index (χ0) is 13.3. The van der Waals surface area contributed by atoms with Crippen LogP contribution < -0.4 is 0 Å². The molecule has 96 valence electrons. The van der Waals surface area contributed by atoms with E-state index in [9.17, 15) is 17.9 Å². The Morgan fingerprint density at radius 3 is 2.35 bits per heavy atom. The molecule has 0 radical (unpaired) electrons. The largest absolute Gasteiger partial charge is 0.385 e. The molecule has 0 amide bonds. The van der Waals surface area contributed by atoms with Gasteiger partial charge in [0.15, 0.2) is 9.84 Å². The maximum absolute atomic E-state index is 12.7. The number of alkyl halides is 2. The van der Waals surface area contributed by atoms with Crippen molar-refractivity contribution < 1.29 is 17.9 Å². The summed E-state index contributed by atoms with van der Waals surface area (Å²) in [6.45, 7) is 1.42. The predicted molar refractivity (Wildman–Crippen MR) is 68.3 cm³/mol. The lowest BCUT2D eigenvalue weighted by Crippen LogP contribution is -2.34. The summed E-state index contributed by atoms with van der Waals surface area (Å²) in [6, 6.07) is 4.81. The normalized spacial score (nSPS) is 17.5. The van der Waals surface area contributed by atoms with Gasteiger partial charge in [0.05, 0.1) is 5.75 Å². The van der Waals surface area contributed by atoms with Gasteiger partial charge in [0.25, 0.3) is 0 Å². The Labute approximate surface area is 113 Å². The molecule has 1 rings (SSSR count). The number of aliphatic hydroxyl groups excluding tert-OH is 1. The molecule has 0 spiro atoms. The van der Waals surface area contributed by atoms with E-state index >= 15 is 0 Å². The highest BCUT2D eigenvalue weighted by molar-refractivity contribution is 9.12. The number of benzene rings is 1. The summed E-state index contributed by atoms with van der Waals surface area (Å²) in [4.78, 5) is 0. The number of hydrogen-bond acceptors (Lipinski definition) is 3. The SMILES string of the molecule is CCS(=O)(=O)[C@](Cl)(Br)[C@@H](O)c1ccc(F)cc1. The maximum Gasteiger partial charge on any atom is 0.229 e. The van der Waals surface area contributed by atoms with Crippen LogP contribution >= 0.6 is 27.5 Å². The van der Waals surface area contributed by atoms with Crippen LogP contribution in [0.3, 0.4) is 0 Å². The maximum atomic E-state index is 12.7. The molecule has 0 saturated heterocycles. The van der Waals surface area contributed by atoms with Crippen molar-refractivity contribution in [2.45, 2.75) is 16.1 Å². The van der Waals surface area contributed by atoms with Crippen LogP contribution in [0.1, 0.15) is 18.6 Å². The molecule has 3 nitrogen and oxygen atoms in total. The van der Waals surface area contributed by atoms with E-state index < -0.39 is 24.9 Å². The number of rotatable bonds is 4. The van der Waals surface area contributed by atoms with Crippen molar-refractivity contribution in [3.63, 3.8) is 0 Å². The van der Waals surface area contributed by atoms with Crippen molar-refractivity contribution in [2.75, 3.05) is 5.75 Å². The standard InChI is InChI=1S/C10H11BrClFO3S/c1-2-17(15,16)10(11,12)9(14)7-3-5-8(13)6-4-7/h3-6,9,14H,2H2,1H3/t9-,10-/m0/s1. The van der Waals surface area contributed by atoms with Crippen molar-refractivity contribution in [3.8, 4) is 0 Å². The summed E-state index contributed by atoms with van der Waals surface area (Å²) >= 11 is 8.66. The second-order valence-electron chi connectivity index (χ2n) is 3.42. The smallest absolute Gasteiger partial charge is 0.229 e. The van der Waals surface area contributed by atoms with Crippen LogP contribution in [0.5, 0.6) is 0 Å². The molecule has 0 heterocycles. The van der Waals surface area contributed by atoms with E-state index in [1.165, 1.54) is 19.1 Å². The van der Waals surface area contributed by atoms with E-state index in [0.29, 0.717) is 0 Å². The Morgan fingerprint density at radius 2 is 1.94 bits per heavy atom. The minimum Gasteiger partial charge on any atom is -0.385 e. The third-order valence-corrected chi connectivity index (χ3v) is 6.94. The highest BCUT2D eigenvalue weighted by Gasteiger charge is 2.45. The molecule has 1 N–H and O–H groups in total. The summed E-state index contributed by atoms with van der Waals surface area (Å²) in [5.41, 5.74) is 0.218. The molecule has 0 aromatic heterocycles. The van der Waals surface area contributed by atoms with Gasteiger partial charge in [0.1, 0.15) is 11.9 Å². The van der Waals surface area contributed by atoms with Gasteiger partial charge in [-0.05, 0) is 33.6 Å². The van der Waals surface area contributed by atoms with Gasteiger partial charge in [-0.25, -0.2) is 12.8 Å². The fraction of sp³-hybridized carbons (Fsp3) is 0.400. The molecular formula is C10H11BrClFO3S. The number of aliphatic hydroxyl groups is 1. The molecule has 0 aliphatic heterocycles. The minimum absolute atomic E-state index is 0.218. The monoisotopic (exact) mass is 344 g/mol. The predicted octanol–water partition coefficient (Wildman–Crippen LogP) is 2.58. The van der Waals surface area contributed by atoms with Crippen LogP contribution in [-0.4, -0.2) is 22.4 Å². The lowest BCUT2D eigenvalue weighted by Gasteiger charge is -2.25. The van der Waals surface area contributed by atoms with Crippen LogP contribution in [-0.2, 0) is 9.84 Å². The van der Waals surface area contributed by atoms with Crippen molar-refractivity contribution >= 4 is 37.4 Å². The van der Waals surface area contributed by atoms with Gasteiger partial charge in [-0.15, -0.1) is 0 Å². The average molecular weight is 346 g/mol. The Hall–Kier alpha value is -0.170. The van der Waals surface area contributed by atoms with Crippen LogP contribution in [0, 0.1) is 5.82 Å². The first-order valence-electron chi connectivity index (χ1n) is 4.76. The highest BCUT2D eigenvalue weighted by Crippen LogP contribution is 2.42. The summed E-state index contributed by atoms with van der Waals surface area (Å²) in [5.74, 6) is -0.700. The molecule has 0 bridgehead atoms. The minimum atomic E-state index is -3.72. The molecule has 7 heteroatoms. The van der Waals surface area contributed by atoms with Crippen LogP contribution in [0.2, 0.25) is 0 Å². The van der Waals surface area contributed by atoms with Gasteiger partial charge in [0, 0.05) is 0 Å². The van der Waals surface area contributed by atoms with Gasteiger partial charge >= 0.3 is 0 Å². The first kappa shape index (κ1) is 14.9. The number of hydrogen-bond donors (Lipinski definition) is 1. The van der Waals surface area contributed by atoms with Gasteiger partial charge in [-0.3, -0.25) is 0 Å². The molecule has 1 aromatic carbocycles. The van der Waals surface area contributed by atoms with Gasteiger partial charge < -0.3 is 5.11 Å². The van der Waals surface area contributed by atoms with E-state index in [0.717, 1.165) is 12.1 Å². The quantitative estimate of drug-likeness (QED) is 0.853. The molecule has 0 aliphatic rings. The molecule has 0 aliphatic carbocycles. The lowest BCUT2D eigenvalue weighted by molar-refractivity contribution is 0.185. The molecule has 17 heavy (non-hydrogen) atoms. The first-order valence-corrected chi connectivity index (χ1v) is 7.58. The third-order valence-electron chi connectivity index (χ3n) is 2.30. The van der Waals surface area contributed by atoms with E-state index in [-0.39, 0.29) is 11.3 Å². The third kappa shape index (κ3) is 2.99. The molecule has 1 aromatic rings. The number of halogens is 3. The summed E-state index contributed by atoms with van der Waals surface area (Å²) in [6.07, 6.45) is -1.49. The fourth-order valence-corrected chi connectivity index (χ4v) is 3.47. The summed E-state index contributed by atoms with van der Waals surface area (Å²) in [7, 11) is -3.72. The van der Waals surface area contributed by atoms with E-state index in [1.807, 2.05) is 0 Å². The van der Waals surface area contributed by atoms with E-state index in [1.54, 1.807) is 0 Å². The van der Waals surface area contributed by atoms with Crippen molar-refractivity contribution in [1.82, 2.24) is 0 Å². The molecule has 0 fully saturated rings. The van der Waals surface area contributed by atoms with Crippen LogP contribution in [0.15, 0.2) is 24.3 Å². The topological polar surface area (TPSA) is 54.4 Å². The Bertz CT molecular complexity index is 487. The van der Waals surface area contributed by atoms with Gasteiger partial charge in [-0.1, -0.05) is 30.7 Å². The van der Waals surface area contributed by atoms with E-state index in [2.05, 4.69) is 15.9 Å². The molecular weight excluding hydrogens is 335 g/mol. The Kier molecular flexibility index (Phi) is 4.57. The van der Waals surface area contributed by atoms with Crippen molar-refractivity contribution in [2.24, 2.45) is 0 Å². The summed E-state index contributed by atoms with van der Waals surface area (Å²) in [5, 5.41) is 9.93. The lowest BCUT2D eigenvalue weighted by atomic mass is 10.1. The zero-order valence-electron chi connectivity index (χ0n) is 8.90. The summed E-state index contributed by atoms with van der Waals surface area (Å²) < 4.78 is 34.1. The zero-order valence-corrected chi connectivity index (χ0v) is 12.1. The highest BCUT2D eigenvalue weighted by atomic mass is 79.9. The average Bonchev–Trinajstić information content (AvgIpc) is 2.28. The first-order chi connectivity index (χ1) is 7.72. The molecule has 0 saturated carbocycles. The number of sulfone groups is 1. The second-order valence-corrected chi connectivity index (χ2v) is 8.92. The fourth-order valence-electron chi connectivity index (χ4n) is 1.20. The van der Waals surface area contributed by atoms with Crippen molar-refractivity contribution in [1.29, 1.82) is 0 Å². The van der Waals surface area contributed by atoms with Gasteiger partial charge in [-0.2, -0.15) is 0 Å². The molecule has 2 atom stereocenters. The Morgan fingerprint density at radius 1 is 1.47 bits per heavy atom. The van der Waals surface area contributed by atoms with Crippen molar-refractivity contribution in [3.05, 3.63) is 35.6 Å². The van der Waals surface area contributed by atoms with Gasteiger partial charge in [0.2, 0.25) is 3.12 Å².